The highest BCUT2D eigenvalue weighted by Gasteiger charge is 2.17. The summed E-state index contributed by atoms with van der Waals surface area (Å²) in [6.45, 7) is 0. The highest BCUT2D eigenvalue weighted by molar-refractivity contribution is 7.93. The Morgan fingerprint density at radius 3 is 2.59 bits per heavy atom. The molecule has 27 heavy (non-hydrogen) atoms. The van der Waals surface area contributed by atoms with Crippen molar-refractivity contribution in [3.05, 3.63) is 67.0 Å². The molecule has 0 spiro atoms. The van der Waals surface area contributed by atoms with E-state index in [4.69, 9.17) is 4.74 Å². The normalized spacial score (nSPS) is 11.4. The van der Waals surface area contributed by atoms with E-state index < -0.39 is 10.0 Å². The predicted molar refractivity (Wildman–Crippen MR) is 107 cm³/mol. The first-order valence-corrected chi connectivity index (χ1v) is 10.3. The fourth-order valence-electron chi connectivity index (χ4n) is 2.92. The topological polar surface area (TPSA) is 81.2 Å². The molecule has 1 aromatic heterocycles. The van der Waals surface area contributed by atoms with Crippen LogP contribution in [0.25, 0.3) is 21.9 Å². The molecule has 0 saturated heterocycles. The number of para-hydroxylation sites is 1. The number of rotatable bonds is 5. The number of methoxy groups -OCH3 is 1. The van der Waals surface area contributed by atoms with Crippen LogP contribution < -0.4 is 9.46 Å². The summed E-state index contributed by atoms with van der Waals surface area (Å²) in [5.74, 6) is 0.764. The molecule has 8 heteroatoms. The molecule has 136 valence electrons. The maximum absolute atomic E-state index is 12.6. The van der Waals surface area contributed by atoms with Gasteiger partial charge in [0.2, 0.25) is 5.13 Å². The summed E-state index contributed by atoms with van der Waals surface area (Å²) in [5.41, 5.74) is 1.93. The Morgan fingerprint density at radius 1 is 1.00 bits per heavy atom. The second-order valence-electron chi connectivity index (χ2n) is 5.74. The van der Waals surface area contributed by atoms with Gasteiger partial charge in [0.05, 0.1) is 12.0 Å². The highest BCUT2D eigenvalue weighted by Crippen LogP contribution is 2.35. The number of sulfonamides is 1. The summed E-state index contributed by atoms with van der Waals surface area (Å²) in [6, 6.07) is 18.6. The number of ether oxygens (including phenoxy) is 1. The third-order valence-corrected chi connectivity index (χ3v) is 6.19. The molecule has 0 saturated carbocycles. The van der Waals surface area contributed by atoms with Crippen LogP contribution in [0.2, 0.25) is 0 Å². The Kier molecular flexibility index (Phi) is 4.51. The van der Waals surface area contributed by atoms with Crippen LogP contribution in [0.1, 0.15) is 0 Å². The molecular weight excluding hydrogens is 382 g/mol. The summed E-state index contributed by atoms with van der Waals surface area (Å²) in [5, 5.41) is 1.99. The Morgan fingerprint density at radius 2 is 1.81 bits per heavy atom. The smallest absolute Gasteiger partial charge is 0.263 e. The number of hydrogen-bond acceptors (Lipinski definition) is 6. The molecule has 0 radical (unpaired) electrons. The van der Waals surface area contributed by atoms with Gasteiger partial charge in [0, 0.05) is 17.1 Å². The third kappa shape index (κ3) is 3.36. The van der Waals surface area contributed by atoms with Crippen LogP contribution in [0.3, 0.4) is 0 Å². The molecule has 0 unspecified atom stereocenters. The van der Waals surface area contributed by atoms with Crippen LogP contribution in [0.4, 0.5) is 5.13 Å². The van der Waals surface area contributed by atoms with Crippen LogP contribution in [-0.4, -0.2) is 24.9 Å². The molecule has 0 atom stereocenters. The van der Waals surface area contributed by atoms with Gasteiger partial charge in [0.25, 0.3) is 10.0 Å². The minimum atomic E-state index is -3.73. The Bertz CT molecular complexity index is 1210. The number of hydrogen-bond donors (Lipinski definition) is 1. The van der Waals surface area contributed by atoms with Crippen molar-refractivity contribution in [1.29, 1.82) is 0 Å². The van der Waals surface area contributed by atoms with Crippen molar-refractivity contribution >= 4 is 37.5 Å². The predicted octanol–water partition coefficient (Wildman–Crippen LogP) is 4.17. The number of nitrogens with one attached hydrogen (secondary N) is 1. The summed E-state index contributed by atoms with van der Waals surface area (Å²) in [4.78, 5) is 4.03. The van der Waals surface area contributed by atoms with Gasteiger partial charge in [0.1, 0.15) is 12.1 Å². The van der Waals surface area contributed by atoms with Crippen molar-refractivity contribution in [2.75, 3.05) is 11.8 Å². The molecule has 1 heterocycles. The van der Waals surface area contributed by atoms with Crippen LogP contribution in [0.15, 0.2) is 71.9 Å². The largest absolute Gasteiger partial charge is 0.496 e. The quantitative estimate of drug-likeness (QED) is 0.547. The maximum atomic E-state index is 12.6. The van der Waals surface area contributed by atoms with Crippen LogP contribution in [0, 0.1) is 0 Å². The van der Waals surface area contributed by atoms with Crippen molar-refractivity contribution in [2.45, 2.75) is 4.90 Å². The minimum absolute atomic E-state index is 0.169. The zero-order chi connectivity index (χ0) is 18.9. The Labute approximate surface area is 160 Å². The average Bonchev–Trinajstić information content (AvgIpc) is 3.19. The molecule has 1 N–H and O–H groups in total. The van der Waals surface area contributed by atoms with E-state index >= 15 is 0 Å². The first kappa shape index (κ1) is 17.4. The number of fused-ring (bicyclic) bond motifs is 1. The first-order chi connectivity index (χ1) is 13.1. The van der Waals surface area contributed by atoms with E-state index in [0.29, 0.717) is 0 Å². The molecular formula is C19H15N3O3S2. The zero-order valence-electron chi connectivity index (χ0n) is 14.3. The third-order valence-electron chi connectivity index (χ3n) is 4.14. The summed E-state index contributed by atoms with van der Waals surface area (Å²) in [6.07, 6.45) is 1.31. The SMILES string of the molecule is COc1ccccc1-c1cccc2cc(S(=O)(=O)Nc3ncns3)ccc12. The summed E-state index contributed by atoms with van der Waals surface area (Å²) < 4.78 is 36.9. The molecule has 4 rings (SSSR count). The lowest BCUT2D eigenvalue weighted by molar-refractivity contribution is 0.416. The molecule has 0 aliphatic rings. The van der Waals surface area contributed by atoms with Gasteiger partial charge in [-0.3, -0.25) is 4.72 Å². The molecule has 3 aromatic carbocycles. The number of aromatic nitrogens is 2. The monoisotopic (exact) mass is 397 g/mol. The molecule has 0 amide bonds. The molecule has 0 aliphatic carbocycles. The molecule has 6 nitrogen and oxygen atoms in total. The van der Waals surface area contributed by atoms with Crippen LogP contribution >= 0.6 is 11.5 Å². The van der Waals surface area contributed by atoms with Crippen LogP contribution in [-0.2, 0) is 10.0 Å². The average molecular weight is 397 g/mol. The van der Waals surface area contributed by atoms with E-state index in [0.717, 1.165) is 39.2 Å². The molecule has 0 bridgehead atoms. The number of anilines is 1. The van der Waals surface area contributed by atoms with E-state index in [9.17, 15) is 8.42 Å². The van der Waals surface area contributed by atoms with Crippen molar-refractivity contribution < 1.29 is 13.2 Å². The number of nitrogens with zero attached hydrogens (tertiary/aromatic N) is 2. The van der Waals surface area contributed by atoms with Gasteiger partial charge in [-0.25, -0.2) is 13.4 Å². The Hall–Kier alpha value is -2.97. The van der Waals surface area contributed by atoms with Crippen molar-refractivity contribution in [3.63, 3.8) is 0 Å². The molecule has 0 fully saturated rings. The van der Waals surface area contributed by atoms with Crippen molar-refractivity contribution in [3.8, 4) is 16.9 Å². The van der Waals surface area contributed by atoms with Gasteiger partial charge in [-0.15, -0.1) is 0 Å². The second-order valence-corrected chi connectivity index (χ2v) is 8.20. The fraction of sp³-hybridized carbons (Fsp3) is 0.0526. The standard InChI is InChI=1S/C19H15N3O3S2/c1-25-18-8-3-2-6-17(18)16-7-4-5-13-11-14(9-10-15(13)16)27(23,24)22-19-20-12-21-26-19/h2-12H,1H3,(H,20,21,22). The lowest BCUT2D eigenvalue weighted by atomic mass is 9.98. The van der Waals surface area contributed by atoms with Gasteiger partial charge < -0.3 is 4.74 Å². The van der Waals surface area contributed by atoms with Gasteiger partial charge in [-0.05, 0) is 34.5 Å². The lowest BCUT2D eigenvalue weighted by Gasteiger charge is -2.12. The lowest BCUT2D eigenvalue weighted by Crippen LogP contribution is -2.12. The highest BCUT2D eigenvalue weighted by atomic mass is 32.2. The van der Waals surface area contributed by atoms with Crippen molar-refractivity contribution in [1.82, 2.24) is 9.36 Å². The maximum Gasteiger partial charge on any atom is 0.263 e. The Balaban J connectivity index is 1.81. The minimum Gasteiger partial charge on any atom is -0.496 e. The van der Waals surface area contributed by atoms with E-state index in [-0.39, 0.29) is 10.0 Å². The van der Waals surface area contributed by atoms with Gasteiger partial charge >= 0.3 is 0 Å². The van der Waals surface area contributed by atoms with Crippen LogP contribution in [0.5, 0.6) is 5.75 Å². The number of benzene rings is 3. The summed E-state index contributed by atoms with van der Waals surface area (Å²) >= 11 is 0.987. The van der Waals surface area contributed by atoms with E-state index in [1.54, 1.807) is 19.2 Å². The fourth-order valence-corrected chi connectivity index (χ4v) is 4.62. The molecule has 0 aliphatic heterocycles. The zero-order valence-corrected chi connectivity index (χ0v) is 15.9. The van der Waals surface area contributed by atoms with E-state index in [2.05, 4.69) is 14.1 Å². The first-order valence-electron chi connectivity index (χ1n) is 8.04. The van der Waals surface area contributed by atoms with Crippen molar-refractivity contribution in [2.24, 2.45) is 0 Å². The van der Waals surface area contributed by atoms with E-state index in [1.807, 2.05) is 48.5 Å². The van der Waals surface area contributed by atoms with Gasteiger partial charge in [-0.1, -0.05) is 42.5 Å². The second kappa shape index (κ2) is 6.98. The van der Waals surface area contributed by atoms with Gasteiger partial charge in [0.15, 0.2) is 0 Å². The van der Waals surface area contributed by atoms with E-state index in [1.165, 1.54) is 6.33 Å². The molecule has 4 aromatic rings. The van der Waals surface area contributed by atoms with Gasteiger partial charge in [-0.2, -0.15) is 4.37 Å². The summed E-state index contributed by atoms with van der Waals surface area (Å²) in [7, 11) is -2.10.